The number of rotatable bonds is 9. The lowest BCUT2D eigenvalue weighted by Crippen LogP contribution is -2.74. The summed E-state index contributed by atoms with van der Waals surface area (Å²) in [5.74, 6) is 1.31. The van der Waals surface area contributed by atoms with Gasteiger partial charge >= 0.3 is 0 Å². The zero-order chi connectivity index (χ0) is 41.6. The molecule has 0 amide bonds. The number of hydrogen-bond acceptors (Lipinski definition) is 3. The van der Waals surface area contributed by atoms with Gasteiger partial charge in [0.25, 0.3) is 0 Å². The summed E-state index contributed by atoms with van der Waals surface area (Å²) in [6.45, 7) is 5.26. The van der Waals surface area contributed by atoms with Crippen LogP contribution in [0.1, 0.15) is 25.3 Å². The number of fused-ring (bicyclic) bond motifs is 4. The molecule has 0 unspecified atom stereocenters. The van der Waals surface area contributed by atoms with E-state index in [9.17, 15) is 0 Å². The third-order valence-electron chi connectivity index (χ3n) is 12.8. The zero-order valence-corrected chi connectivity index (χ0v) is 35.9. The van der Waals surface area contributed by atoms with Crippen LogP contribution in [0, 0.1) is 0 Å². The van der Waals surface area contributed by atoms with E-state index >= 15 is 0 Å². The van der Waals surface area contributed by atoms with Gasteiger partial charge in [-0.05, 0) is 104 Å². The topological polar surface area (TPSA) is 24.3 Å². The van der Waals surface area contributed by atoms with Gasteiger partial charge in [-0.3, -0.25) is 4.57 Å². The van der Waals surface area contributed by atoms with Crippen LogP contribution in [0.3, 0.4) is 0 Å². The van der Waals surface area contributed by atoms with Crippen molar-refractivity contribution in [1.82, 2.24) is 9.55 Å². The number of anilines is 4. The predicted octanol–water partition coefficient (Wildman–Crippen LogP) is 11.6. The van der Waals surface area contributed by atoms with E-state index in [-0.39, 0.29) is 0 Å². The minimum Gasteiger partial charge on any atom is -0.321 e. The summed E-state index contributed by atoms with van der Waals surface area (Å²) in [6, 6.07) is 80.7. The first-order valence-electron chi connectivity index (χ1n) is 21.6. The molecule has 298 valence electrons. The Kier molecular flexibility index (Phi) is 9.40. The third-order valence-corrected chi connectivity index (χ3v) is 17.5. The fraction of sp³-hybridized carbons (Fsp3) is 0.0702. The molecule has 4 nitrogen and oxygen atoms in total. The molecular formula is C57H46N4Si. The van der Waals surface area contributed by atoms with E-state index in [0.717, 1.165) is 23.5 Å². The van der Waals surface area contributed by atoms with Gasteiger partial charge in [-0.15, -0.1) is 0 Å². The molecule has 0 saturated carbocycles. The van der Waals surface area contributed by atoms with Gasteiger partial charge in [0.15, 0.2) is 8.07 Å². The maximum atomic E-state index is 5.12. The smallest absolute Gasteiger partial charge is 0.179 e. The number of hydrogen-bond donors (Lipinski definition) is 0. The molecule has 0 fully saturated rings. The van der Waals surface area contributed by atoms with Crippen molar-refractivity contribution in [3.05, 3.63) is 230 Å². The second-order valence-corrected chi connectivity index (χ2v) is 20.4. The van der Waals surface area contributed by atoms with Crippen LogP contribution < -0.4 is 30.5 Å². The maximum absolute atomic E-state index is 5.12. The van der Waals surface area contributed by atoms with Crippen LogP contribution in [0.4, 0.5) is 22.7 Å². The van der Waals surface area contributed by atoms with Gasteiger partial charge in [0, 0.05) is 28.3 Å². The molecule has 62 heavy (non-hydrogen) atoms. The number of aromatic nitrogens is 2. The molecule has 0 saturated heterocycles. The summed E-state index contributed by atoms with van der Waals surface area (Å²) < 4.78 is 2.39. The Labute approximate surface area is 364 Å². The van der Waals surface area contributed by atoms with Crippen molar-refractivity contribution in [2.75, 3.05) is 16.5 Å². The lowest BCUT2D eigenvalue weighted by Gasteiger charge is -2.35. The number of nitrogens with zero attached hydrogens (tertiary/aromatic N) is 4. The highest BCUT2D eigenvalue weighted by Crippen LogP contribution is 2.44. The average Bonchev–Trinajstić information content (AvgIpc) is 3.89. The minimum atomic E-state index is -3.00. The van der Waals surface area contributed by atoms with Gasteiger partial charge in [-0.1, -0.05) is 172 Å². The normalized spacial score (nSPS) is 12.7. The van der Waals surface area contributed by atoms with Gasteiger partial charge in [-0.25, -0.2) is 4.98 Å². The summed E-state index contributed by atoms with van der Waals surface area (Å²) in [5.41, 5.74) is 10.8. The van der Waals surface area contributed by atoms with Gasteiger partial charge in [0.1, 0.15) is 12.5 Å². The van der Waals surface area contributed by atoms with Crippen molar-refractivity contribution in [3.63, 3.8) is 0 Å². The monoisotopic (exact) mass is 814 g/mol. The summed E-state index contributed by atoms with van der Waals surface area (Å²) in [4.78, 5) is 10.0. The van der Waals surface area contributed by atoms with E-state index in [1.807, 2.05) is 6.20 Å². The van der Waals surface area contributed by atoms with E-state index in [4.69, 9.17) is 4.98 Å². The van der Waals surface area contributed by atoms with E-state index in [1.54, 1.807) is 0 Å². The molecule has 0 atom stereocenters. The first kappa shape index (κ1) is 37.5. The number of pyridine rings is 1. The fourth-order valence-corrected chi connectivity index (χ4v) is 14.8. The van der Waals surface area contributed by atoms with Gasteiger partial charge in [0.2, 0.25) is 0 Å². The molecule has 0 radical (unpaired) electrons. The molecule has 5 heteroatoms. The van der Waals surface area contributed by atoms with Crippen molar-refractivity contribution in [1.29, 1.82) is 0 Å². The minimum absolute atomic E-state index is 0.397. The summed E-state index contributed by atoms with van der Waals surface area (Å²) in [5, 5.41) is 7.75. The second kappa shape index (κ2) is 15.5. The number of para-hydroxylation sites is 4. The van der Waals surface area contributed by atoms with Crippen molar-refractivity contribution in [2.24, 2.45) is 0 Å². The summed E-state index contributed by atoms with van der Waals surface area (Å²) in [6.07, 6.45) is 1.97. The van der Waals surface area contributed by atoms with E-state index in [1.165, 1.54) is 71.0 Å². The summed E-state index contributed by atoms with van der Waals surface area (Å²) >= 11 is 0. The first-order valence-corrected chi connectivity index (χ1v) is 23.6. The van der Waals surface area contributed by atoms with Gasteiger partial charge in [-0.2, -0.15) is 0 Å². The Morgan fingerprint density at radius 3 is 1.74 bits per heavy atom. The van der Waals surface area contributed by atoms with Crippen LogP contribution in [0.25, 0.3) is 38.8 Å². The maximum Gasteiger partial charge on any atom is 0.179 e. The quantitative estimate of drug-likeness (QED) is 0.107. The Morgan fingerprint density at radius 1 is 0.452 bits per heavy atom. The zero-order valence-electron chi connectivity index (χ0n) is 34.9. The third kappa shape index (κ3) is 6.15. The van der Waals surface area contributed by atoms with Gasteiger partial charge < -0.3 is 9.80 Å². The molecule has 0 aliphatic carbocycles. The average molecular weight is 815 g/mol. The van der Waals surface area contributed by atoms with Crippen LogP contribution in [-0.4, -0.2) is 24.3 Å². The second-order valence-electron chi connectivity index (χ2n) is 16.6. The van der Waals surface area contributed by atoms with Crippen LogP contribution in [0.5, 0.6) is 0 Å². The largest absolute Gasteiger partial charge is 0.321 e. The molecule has 8 aromatic carbocycles. The number of benzene rings is 8. The molecule has 1 aliphatic rings. The van der Waals surface area contributed by atoms with E-state index < -0.39 is 8.07 Å². The predicted molar refractivity (Wildman–Crippen MR) is 264 cm³/mol. The molecule has 11 rings (SSSR count). The molecule has 0 spiro atoms. The lowest BCUT2D eigenvalue weighted by atomic mass is 9.93. The Morgan fingerprint density at radius 2 is 1.02 bits per heavy atom. The van der Waals surface area contributed by atoms with Crippen LogP contribution >= 0.6 is 0 Å². The highest BCUT2D eigenvalue weighted by Gasteiger charge is 2.42. The Bertz CT molecular complexity index is 3170. The Hall–Kier alpha value is -7.47. The highest BCUT2D eigenvalue weighted by atomic mass is 28.3. The van der Waals surface area contributed by atoms with Crippen molar-refractivity contribution < 1.29 is 0 Å². The van der Waals surface area contributed by atoms with Gasteiger partial charge in [0.05, 0.1) is 22.4 Å². The van der Waals surface area contributed by atoms with Crippen molar-refractivity contribution in [3.8, 4) is 16.9 Å². The SMILES string of the molecule is CC(C)c1ccccc1-c1ccnc(-n2c3ccccc3c3ccc([Si](c4ccccc4)(c4ccccc4)c4cccc(N5CN(c6ccccc6)c6ccccc65)c4)cc32)c1. The summed E-state index contributed by atoms with van der Waals surface area (Å²) in [7, 11) is -3.00. The molecule has 2 aromatic heterocycles. The molecule has 3 heterocycles. The van der Waals surface area contributed by atoms with Crippen molar-refractivity contribution in [2.45, 2.75) is 19.8 Å². The van der Waals surface area contributed by atoms with E-state index in [2.05, 4.69) is 247 Å². The molecule has 0 bridgehead atoms. The lowest BCUT2D eigenvalue weighted by molar-refractivity contribution is 0.869. The highest BCUT2D eigenvalue weighted by molar-refractivity contribution is 7.20. The van der Waals surface area contributed by atoms with Crippen LogP contribution in [0.2, 0.25) is 0 Å². The Balaban J connectivity index is 1.15. The van der Waals surface area contributed by atoms with E-state index in [0.29, 0.717) is 5.92 Å². The van der Waals surface area contributed by atoms with Crippen LogP contribution in [-0.2, 0) is 0 Å². The molecule has 0 N–H and O–H groups in total. The first-order chi connectivity index (χ1) is 30.6. The molecule has 10 aromatic rings. The van der Waals surface area contributed by atoms with Crippen LogP contribution in [0.15, 0.2) is 225 Å². The molecule has 1 aliphatic heterocycles. The molecular weight excluding hydrogens is 769 g/mol. The van der Waals surface area contributed by atoms with Crippen molar-refractivity contribution >= 4 is 73.4 Å². The standard InChI is InChI=1S/C57H46N4Si/c1-41(2)49-27-12-13-28-50(49)42-35-36-58-57(37-42)61-53-30-15-14-29-51(53)52-34-33-48(39-56(52)61)62(45-22-8-4-9-23-45,46-24-10-5-11-25-46)47-26-18-21-44(38-47)60-40-59(43-19-6-3-7-20-43)54-31-16-17-32-55(54)60/h3-39,41H,40H2,1-2H3. The fourth-order valence-electron chi connectivity index (χ4n) is 9.97.